The van der Waals surface area contributed by atoms with E-state index >= 15 is 0 Å². The molecule has 75 heavy (non-hydrogen) atoms. The molecule has 376 valence electrons. The number of carbonyl (C=O) groups excluding carboxylic acids is 2. The topological polar surface area (TPSA) is 160 Å². The number of hydrogen-bond donors (Lipinski definition) is 0. The highest BCUT2D eigenvalue weighted by molar-refractivity contribution is 7.16. The molecule has 2 fully saturated rings. The monoisotopic (exact) mass is 1030 g/mol. The lowest BCUT2D eigenvalue weighted by Gasteiger charge is -2.35. The van der Waals surface area contributed by atoms with E-state index < -0.39 is 0 Å². The Kier molecular flexibility index (Phi) is 13.7. The van der Waals surface area contributed by atoms with E-state index in [0.717, 1.165) is 32.8 Å². The number of para-hydroxylation sites is 1. The zero-order valence-corrected chi connectivity index (χ0v) is 40.7. The van der Waals surface area contributed by atoms with Crippen molar-refractivity contribution in [3.8, 4) is 45.6 Å². The van der Waals surface area contributed by atoms with Crippen molar-refractivity contribution < 1.29 is 27.2 Å². The Labute approximate surface area is 430 Å². The van der Waals surface area contributed by atoms with Gasteiger partial charge in [-0.25, -0.2) is 56.8 Å². The molecular formula is C54H44F4N14O2S. The maximum Gasteiger partial charge on any atom is 0.244 e. The predicted octanol–water partition coefficient (Wildman–Crippen LogP) is 8.43. The molecule has 0 bridgehead atoms. The summed E-state index contributed by atoms with van der Waals surface area (Å²) in [6.07, 6.45) is 3.14. The normalized spacial score (nSPS) is 13.8. The van der Waals surface area contributed by atoms with Crippen LogP contribution in [0.15, 0.2) is 145 Å². The summed E-state index contributed by atoms with van der Waals surface area (Å²) in [5, 5.41) is 13.1. The molecule has 12 rings (SSSR count). The number of carbonyl (C=O) groups is 2. The van der Waals surface area contributed by atoms with Crippen LogP contribution in [-0.2, 0) is 22.7 Å². The van der Waals surface area contributed by atoms with E-state index in [0.29, 0.717) is 97.9 Å². The molecule has 5 aromatic heterocycles. The molecular weight excluding hydrogens is 985 g/mol. The number of fused-ring (bicyclic) bond motifs is 2. The number of benzene rings is 5. The number of piperazine rings is 2. The van der Waals surface area contributed by atoms with Gasteiger partial charge in [0.1, 0.15) is 65.5 Å². The highest BCUT2D eigenvalue weighted by atomic mass is 32.1. The molecule has 0 radical (unpaired) electrons. The Balaban J connectivity index is 0.000000161. The standard InChI is InChI=1S/C28H23F2N7O.C26H21F2N7OS/c29-21-9-5-19(6-10-21)26-33-27(20-7-11-22(30)12-8-20)37(34-26)17-25(38)35-13-15-36(16-14-35)28-23-3-1-2-4-24(23)31-18-32-28;27-19-5-1-17(2-6-19)23-31-24(18-3-7-20(28)8-4-18)35(32-23)15-22(36)33-10-12-34(13-11-33)25-21-9-14-37-26(21)30-16-29-25/h1-12,18H,13-17H2;1-9,14,16H,10-13,15H2. The van der Waals surface area contributed by atoms with Crippen molar-refractivity contribution in [2.75, 3.05) is 62.2 Å². The minimum absolute atomic E-state index is 0.0246. The van der Waals surface area contributed by atoms with Crippen LogP contribution in [0.25, 0.3) is 66.7 Å². The maximum atomic E-state index is 13.6. The molecule has 16 nitrogen and oxygen atoms in total. The van der Waals surface area contributed by atoms with E-state index in [9.17, 15) is 27.2 Å². The summed E-state index contributed by atoms with van der Waals surface area (Å²) in [7, 11) is 0. The van der Waals surface area contributed by atoms with Gasteiger partial charge in [-0.15, -0.1) is 21.5 Å². The van der Waals surface area contributed by atoms with Crippen molar-refractivity contribution in [3.63, 3.8) is 0 Å². The molecule has 10 aromatic rings. The largest absolute Gasteiger partial charge is 0.352 e. The van der Waals surface area contributed by atoms with Gasteiger partial charge in [-0.05, 0) is 121 Å². The highest BCUT2D eigenvalue weighted by Crippen LogP contribution is 2.30. The zero-order chi connectivity index (χ0) is 51.4. The lowest BCUT2D eigenvalue weighted by Crippen LogP contribution is -2.50. The number of anilines is 2. The van der Waals surface area contributed by atoms with Crippen LogP contribution >= 0.6 is 11.3 Å². The first-order chi connectivity index (χ1) is 36.6. The average molecular weight is 1030 g/mol. The highest BCUT2D eigenvalue weighted by Gasteiger charge is 2.27. The minimum atomic E-state index is -0.371. The number of halogens is 4. The van der Waals surface area contributed by atoms with E-state index in [1.807, 2.05) is 35.7 Å². The second kappa shape index (κ2) is 21.2. The Morgan fingerprint density at radius 2 is 0.867 bits per heavy atom. The number of amides is 2. The third kappa shape index (κ3) is 10.6. The molecule has 7 heterocycles. The zero-order valence-electron chi connectivity index (χ0n) is 39.9. The van der Waals surface area contributed by atoms with E-state index in [-0.39, 0.29) is 48.2 Å². The van der Waals surface area contributed by atoms with Crippen LogP contribution in [0.2, 0.25) is 0 Å². The van der Waals surface area contributed by atoms with Gasteiger partial charge >= 0.3 is 0 Å². The van der Waals surface area contributed by atoms with E-state index in [1.165, 1.54) is 57.9 Å². The number of aromatic nitrogens is 10. The number of hydrogen-bond acceptors (Lipinski definition) is 13. The Hall–Kier alpha value is -8.98. The fourth-order valence-corrected chi connectivity index (χ4v) is 9.76. The Morgan fingerprint density at radius 1 is 0.453 bits per heavy atom. The maximum absolute atomic E-state index is 13.6. The summed E-state index contributed by atoms with van der Waals surface area (Å²) in [5.74, 6) is 1.68. The van der Waals surface area contributed by atoms with Gasteiger partial charge in [-0.3, -0.25) is 9.59 Å². The molecule has 0 N–H and O–H groups in total. The van der Waals surface area contributed by atoms with Gasteiger partial charge in [-0.1, -0.05) is 12.1 Å². The van der Waals surface area contributed by atoms with Crippen LogP contribution in [-0.4, -0.2) is 123 Å². The molecule has 0 spiro atoms. The second-order valence-electron chi connectivity index (χ2n) is 17.6. The smallest absolute Gasteiger partial charge is 0.244 e. The van der Waals surface area contributed by atoms with Gasteiger partial charge in [0, 0.05) is 80.0 Å². The molecule has 2 amide bonds. The number of thiophene rings is 1. The summed E-state index contributed by atoms with van der Waals surface area (Å²) < 4.78 is 57.0. The van der Waals surface area contributed by atoms with E-state index in [4.69, 9.17) is 0 Å². The van der Waals surface area contributed by atoms with Crippen LogP contribution in [0, 0.1) is 23.3 Å². The van der Waals surface area contributed by atoms with E-state index in [2.05, 4.69) is 49.9 Å². The van der Waals surface area contributed by atoms with Crippen LogP contribution in [0.1, 0.15) is 0 Å². The predicted molar refractivity (Wildman–Crippen MR) is 276 cm³/mol. The first-order valence-electron chi connectivity index (χ1n) is 24.0. The number of rotatable bonds is 10. The Bertz CT molecular complexity index is 3630. The quantitative estimate of drug-likeness (QED) is 0.121. The summed E-state index contributed by atoms with van der Waals surface area (Å²) in [4.78, 5) is 62.3. The lowest BCUT2D eigenvalue weighted by molar-refractivity contribution is -0.133. The summed E-state index contributed by atoms with van der Waals surface area (Å²) in [6.45, 7) is 4.66. The lowest BCUT2D eigenvalue weighted by atomic mass is 10.2. The van der Waals surface area contributed by atoms with Crippen molar-refractivity contribution in [2.24, 2.45) is 0 Å². The summed E-state index contributed by atoms with van der Waals surface area (Å²) in [6, 6.07) is 33.3. The van der Waals surface area contributed by atoms with E-state index in [1.54, 1.807) is 82.3 Å². The molecule has 0 atom stereocenters. The molecule has 0 aliphatic carbocycles. The molecule has 21 heteroatoms. The van der Waals surface area contributed by atoms with Crippen LogP contribution in [0.3, 0.4) is 0 Å². The van der Waals surface area contributed by atoms with Crippen LogP contribution < -0.4 is 9.80 Å². The molecule has 2 aliphatic rings. The fourth-order valence-electron chi connectivity index (χ4n) is 9.04. The fraction of sp³-hybridized carbons (Fsp3) is 0.185. The first kappa shape index (κ1) is 48.3. The molecule has 2 saturated heterocycles. The van der Waals surface area contributed by atoms with Gasteiger partial charge in [-0.2, -0.15) is 0 Å². The van der Waals surface area contributed by atoms with Crippen molar-refractivity contribution in [1.82, 2.24) is 59.3 Å². The molecule has 5 aromatic carbocycles. The van der Waals surface area contributed by atoms with Gasteiger partial charge in [0.2, 0.25) is 11.8 Å². The van der Waals surface area contributed by atoms with Gasteiger partial charge in [0.25, 0.3) is 0 Å². The molecule has 2 aliphatic heterocycles. The summed E-state index contributed by atoms with van der Waals surface area (Å²) in [5.41, 5.74) is 3.37. The third-order valence-corrected chi connectivity index (χ3v) is 13.8. The second-order valence-corrected chi connectivity index (χ2v) is 18.5. The first-order valence-corrected chi connectivity index (χ1v) is 24.8. The number of nitrogens with zero attached hydrogens (tertiary/aromatic N) is 14. The van der Waals surface area contributed by atoms with Crippen molar-refractivity contribution in [3.05, 3.63) is 169 Å². The van der Waals surface area contributed by atoms with Gasteiger partial charge < -0.3 is 19.6 Å². The van der Waals surface area contributed by atoms with Gasteiger partial charge in [0.15, 0.2) is 23.3 Å². The minimum Gasteiger partial charge on any atom is -0.352 e. The van der Waals surface area contributed by atoms with Crippen molar-refractivity contribution in [2.45, 2.75) is 13.1 Å². The van der Waals surface area contributed by atoms with Gasteiger partial charge in [0.05, 0.1) is 10.9 Å². The SMILES string of the molecule is O=C(Cn1nc(-c2ccc(F)cc2)nc1-c1ccc(F)cc1)N1CCN(c2ncnc3ccccc23)CC1.O=C(Cn1nc(-c2ccc(F)cc2)nc1-c1ccc(F)cc1)N1CCN(c2ncnc3sccc23)CC1. The average Bonchev–Trinajstić information content (AvgIpc) is 4.22. The Morgan fingerprint density at radius 3 is 1.33 bits per heavy atom. The van der Waals surface area contributed by atoms with Crippen LogP contribution in [0.5, 0.6) is 0 Å². The molecule has 0 saturated carbocycles. The van der Waals surface area contributed by atoms with Crippen LogP contribution in [0.4, 0.5) is 29.2 Å². The third-order valence-electron chi connectivity index (χ3n) is 12.9. The summed E-state index contributed by atoms with van der Waals surface area (Å²) >= 11 is 1.58. The molecule has 0 unspecified atom stereocenters. The van der Waals surface area contributed by atoms with Crippen molar-refractivity contribution >= 4 is 55.9 Å². The van der Waals surface area contributed by atoms with Crippen molar-refractivity contribution in [1.29, 1.82) is 0 Å².